The molecular formula is C20H23NO4. The van der Waals surface area contributed by atoms with Crippen molar-refractivity contribution in [2.24, 2.45) is 5.92 Å². The highest BCUT2D eigenvalue weighted by molar-refractivity contribution is 6.02. The SMILES string of the molecule is COc1cc(C)c(NC(=O)/C=C/c2ccc(C3CC3C)o2)cc1OC. The van der Waals surface area contributed by atoms with Gasteiger partial charge in [-0.2, -0.15) is 0 Å². The molecule has 0 radical (unpaired) electrons. The Hall–Kier alpha value is -2.69. The summed E-state index contributed by atoms with van der Waals surface area (Å²) in [5.41, 5.74) is 1.57. The Morgan fingerprint density at radius 1 is 1.24 bits per heavy atom. The Balaban J connectivity index is 1.67. The fourth-order valence-corrected chi connectivity index (χ4v) is 2.82. The number of furan rings is 1. The third kappa shape index (κ3) is 3.87. The van der Waals surface area contributed by atoms with E-state index in [1.807, 2.05) is 25.1 Å². The van der Waals surface area contributed by atoms with Gasteiger partial charge in [0.15, 0.2) is 11.5 Å². The molecule has 1 aromatic carbocycles. The molecule has 25 heavy (non-hydrogen) atoms. The van der Waals surface area contributed by atoms with E-state index in [2.05, 4.69) is 12.2 Å². The van der Waals surface area contributed by atoms with Crippen LogP contribution in [0.25, 0.3) is 6.08 Å². The van der Waals surface area contributed by atoms with Crippen molar-refractivity contribution in [1.29, 1.82) is 0 Å². The summed E-state index contributed by atoms with van der Waals surface area (Å²) < 4.78 is 16.3. The van der Waals surface area contributed by atoms with Gasteiger partial charge < -0.3 is 19.2 Å². The first-order valence-electron chi connectivity index (χ1n) is 8.33. The van der Waals surface area contributed by atoms with Crippen molar-refractivity contribution in [2.75, 3.05) is 19.5 Å². The van der Waals surface area contributed by atoms with Gasteiger partial charge in [0.1, 0.15) is 11.5 Å². The van der Waals surface area contributed by atoms with Crippen molar-refractivity contribution in [2.45, 2.75) is 26.2 Å². The van der Waals surface area contributed by atoms with Gasteiger partial charge in [-0.1, -0.05) is 6.92 Å². The smallest absolute Gasteiger partial charge is 0.248 e. The number of hydrogen-bond acceptors (Lipinski definition) is 4. The molecule has 1 aliphatic rings. The molecule has 1 N–H and O–H groups in total. The maximum Gasteiger partial charge on any atom is 0.248 e. The highest BCUT2D eigenvalue weighted by atomic mass is 16.5. The Morgan fingerprint density at radius 2 is 1.92 bits per heavy atom. The molecule has 5 heteroatoms. The molecule has 1 saturated carbocycles. The second kappa shape index (κ2) is 7.05. The number of carbonyl (C=O) groups excluding carboxylic acids is 1. The van der Waals surface area contributed by atoms with Gasteiger partial charge in [-0.05, 0) is 49.1 Å². The van der Waals surface area contributed by atoms with Crippen molar-refractivity contribution in [3.8, 4) is 11.5 Å². The summed E-state index contributed by atoms with van der Waals surface area (Å²) in [6.07, 6.45) is 4.33. The predicted octanol–water partition coefficient (Wildman–Crippen LogP) is 4.38. The van der Waals surface area contributed by atoms with Gasteiger partial charge >= 0.3 is 0 Å². The number of ether oxygens (including phenoxy) is 2. The van der Waals surface area contributed by atoms with E-state index in [1.54, 1.807) is 26.4 Å². The Kier molecular flexibility index (Phi) is 4.83. The van der Waals surface area contributed by atoms with Gasteiger partial charge in [0.2, 0.25) is 5.91 Å². The minimum atomic E-state index is -0.229. The van der Waals surface area contributed by atoms with Crippen LogP contribution in [-0.2, 0) is 4.79 Å². The zero-order valence-electron chi connectivity index (χ0n) is 15.0. The van der Waals surface area contributed by atoms with E-state index >= 15 is 0 Å². The largest absolute Gasteiger partial charge is 0.493 e. The van der Waals surface area contributed by atoms with Crippen molar-refractivity contribution in [1.82, 2.24) is 0 Å². The molecule has 1 fully saturated rings. The summed E-state index contributed by atoms with van der Waals surface area (Å²) in [4.78, 5) is 12.2. The molecule has 1 amide bonds. The van der Waals surface area contributed by atoms with Gasteiger partial charge in [0.25, 0.3) is 0 Å². The summed E-state index contributed by atoms with van der Waals surface area (Å²) in [6.45, 7) is 4.11. The molecule has 1 aromatic heterocycles. The molecular weight excluding hydrogens is 318 g/mol. The van der Waals surface area contributed by atoms with Gasteiger partial charge in [-0.3, -0.25) is 4.79 Å². The van der Waals surface area contributed by atoms with Gasteiger partial charge in [-0.25, -0.2) is 0 Å². The fourth-order valence-electron chi connectivity index (χ4n) is 2.82. The number of benzene rings is 1. The van der Waals surface area contributed by atoms with Crippen LogP contribution in [0.4, 0.5) is 5.69 Å². The van der Waals surface area contributed by atoms with E-state index in [-0.39, 0.29) is 5.91 Å². The number of rotatable bonds is 6. The minimum absolute atomic E-state index is 0.229. The number of carbonyl (C=O) groups is 1. The molecule has 3 rings (SSSR count). The zero-order valence-corrected chi connectivity index (χ0v) is 15.0. The third-order valence-corrected chi connectivity index (χ3v) is 4.51. The molecule has 0 bridgehead atoms. The van der Waals surface area contributed by atoms with E-state index in [1.165, 1.54) is 12.5 Å². The van der Waals surface area contributed by atoms with Gasteiger partial charge in [0, 0.05) is 23.7 Å². The Bertz CT molecular complexity index is 806. The van der Waals surface area contributed by atoms with Crippen molar-refractivity contribution < 1.29 is 18.7 Å². The molecule has 132 valence electrons. The number of anilines is 1. The van der Waals surface area contributed by atoms with Crippen molar-refractivity contribution >= 4 is 17.7 Å². The molecule has 0 aliphatic heterocycles. The average molecular weight is 341 g/mol. The molecule has 2 unspecified atom stereocenters. The van der Waals surface area contributed by atoms with Crippen LogP contribution >= 0.6 is 0 Å². The highest BCUT2D eigenvalue weighted by Crippen LogP contribution is 2.47. The van der Waals surface area contributed by atoms with E-state index in [4.69, 9.17) is 13.9 Å². The number of methoxy groups -OCH3 is 2. The quantitative estimate of drug-likeness (QED) is 0.792. The van der Waals surface area contributed by atoms with Crippen LogP contribution in [0.2, 0.25) is 0 Å². The van der Waals surface area contributed by atoms with Crippen LogP contribution in [0.1, 0.15) is 36.3 Å². The lowest BCUT2D eigenvalue weighted by Gasteiger charge is -2.12. The second-order valence-electron chi connectivity index (χ2n) is 6.40. The molecule has 0 saturated heterocycles. The summed E-state index contributed by atoms with van der Waals surface area (Å²) in [6, 6.07) is 7.46. The standard InChI is InChI=1S/C20H23NO4/c1-12-9-15(12)17-7-5-14(25-17)6-8-20(22)21-16-11-19(24-4)18(23-3)10-13(16)2/h5-8,10-12,15H,9H2,1-4H3,(H,21,22)/b8-6+. The number of hydrogen-bond donors (Lipinski definition) is 1. The average Bonchev–Trinajstić information content (AvgIpc) is 3.15. The number of amides is 1. The molecule has 2 aromatic rings. The summed E-state index contributed by atoms with van der Waals surface area (Å²) >= 11 is 0. The van der Waals surface area contributed by atoms with Crippen LogP contribution < -0.4 is 14.8 Å². The van der Waals surface area contributed by atoms with Crippen LogP contribution in [0, 0.1) is 12.8 Å². The summed E-state index contributed by atoms with van der Waals surface area (Å²) in [5, 5.41) is 2.85. The topological polar surface area (TPSA) is 60.7 Å². The summed E-state index contributed by atoms with van der Waals surface area (Å²) in [5.74, 6) is 3.89. The Morgan fingerprint density at radius 3 is 2.56 bits per heavy atom. The second-order valence-corrected chi connectivity index (χ2v) is 6.40. The van der Waals surface area contributed by atoms with Crippen LogP contribution in [0.15, 0.2) is 34.8 Å². The monoisotopic (exact) mass is 341 g/mol. The maximum atomic E-state index is 12.2. The van der Waals surface area contributed by atoms with Crippen LogP contribution in [0.5, 0.6) is 11.5 Å². The van der Waals surface area contributed by atoms with Crippen molar-refractivity contribution in [3.05, 3.63) is 47.4 Å². The fraction of sp³-hybridized carbons (Fsp3) is 0.350. The first-order valence-corrected chi connectivity index (χ1v) is 8.33. The normalized spacial score (nSPS) is 19.0. The lowest BCUT2D eigenvalue weighted by Crippen LogP contribution is -2.09. The van der Waals surface area contributed by atoms with E-state index in [0.29, 0.717) is 34.8 Å². The Labute approximate surface area is 147 Å². The predicted molar refractivity (Wildman–Crippen MR) is 97.2 cm³/mol. The van der Waals surface area contributed by atoms with Crippen LogP contribution in [-0.4, -0.2) is 20.1 Å². The number of aryl methyl sites for hydroxylation is 1. The first-order chi connectivity index (χ1) is 12.0. The highest BCUT2D eigenvalue weighted by Gasteiger charge is 2.36. The molecule has 0 spiro atoms. The molecule has 2 atom stereocenters. The lowest BCUT2D eigenvalue weighted by molar-refractivity contribution is -0.111. The maximum absolute atomic E-state index is 12.2. The van der Waals surface area contributed by atoms with E-state index < -0.39 is 0 Å². The van der Waals surface area contributed by atoms with E-state index in [0.717, 1.165) is 11.3 Å². The minimum Gasteiger partial charge on any atom is -0.493 e. The lowest BCUT2D eigenvalue weighted by atomic mass is 10.1. The van der Waals surface area contributed by atoms with E-state index in [9.17, 15) is 4.79 Å². The van der Waals surface area contributed by atoms with Crippen LogP contribution in [0.3, 0.4) is 0 Å². The zero-order chi connectivity index (χ0) is 18.0. The third-order valence-electron chi connectivity index (χ3n) is 4.51. The molecule has 1 aliphatic carbocycles. The summed E-state index contributed by atoms with van der Waals surface area (Å²) in [7, 11) is 3.15. The van der Waals surface area contributed by atoms with Gasteiger partial charge in [-0.15, -0.1) is 0 Å². The molecule has 1 heterocycles. The van der Waals surface area contributed by atoms with Crippen molar-refractivity contribution in [3.63, 3.8) is 0 Å². The first kappa shape index (κ1) is 17.1. The van der Waals surface area contributed by atoms with Gasteiger partial charge in [0.05, 0.1) is 14.2 Å². The number of nitrogens with one attached hydrogen (secondary N) is 1. The molecule has 5 nitrogen and oxygen atoms in total.